The van der Waals surface area contributed by atoms with Crippen molar-refractivity contribution >= 4 is 23.2 Å². The van der Waals surface area contributed by atoms with Crippen molar-refractivity contribution in [2.24, 2.45) is 0 Å². The molecule has 5 heteroatoms. The van der Waals surface area contributed by atoms with Gasteiger partial charge in [0.05, 0.1) is 17.3 Å². The Morgan fingerprint density at radius 1 is 1.47 bits per heavy atom. The van der Waals surface area contributed by atoms with E-state index in [0.717, 1.165) is 12.2 Å². The van der Waals surface area contributed by atoms with Crippen LogP contribution in [0.4, 0.5) is 5.69 Å². The molecule has 0 radical (unpaired) electrons. The Morgan fingerprint density at radius 3 is 2.79 bits per heavy atom. The summed E-state index contributed by atoms with van der Waals surface area (Å²) in [7, 11) is 3.49. The molecule has 1 aliphatic rings. The molecule has 4 nitrogen and oxygen atoms in total. The highest BCUT2D eigenvalue weighted by molar-refractivity contribution is 6.33. The minimum absolute atomic E-state index is 0.0296. The van der Waals surface area contributed by atoms with E-state index in [1.807, 2.05) is 24.1 Å². The average molecular weight is 282 g/mol. The molecule has 0 saturated heterocycles. The zero-order valence-electron chi connectivity index (χ0n) is 11.4. The van der Waals surface area contributed by atoms with Gasteiger partial charge in [-0.25, -0.2) is 0 Å². The molecule has 2 rings (SSSR count). The Kier molecular flexibility index (Phi) is 4.66. The van der Waals surface area contributed by atoms with Crippen LogP contribution in [0.5, 0.6) is 0 Å². The number of nitrogens with one attached hydrogen (secondary N) is 2. The maximum Gasteiger partial charge on any atom is 0.239 e. The van der Waals surface area contributed by atoms with Gasteiger partial charge in [0.15, 0.2) is 0 Å². The molecule has 19 heavy (non-hydrogen) atoms. The molecule has 1 aliphatic carbocycles. The van der Waals surface area contributed by atoms with Crippen molar-refractivity contribution in [3.05, 3.63) is 28.8 Å². The maximum atomic E-state index is 11.4. The molecule has 2 N–H and O–H groups in total. The van der Waals surface area contributed by atoms with Crippen LogP contribution < -0.4 is 15.5 Å². The number of anilines is 1. The molecule has 1 fully saturated rings. The van der Waals surface area contributed by atoms with Gasteiger partial charge in [0.1, 0.15) is 0 Å². The van der Waals surface area contributed by atoms with E-state index >= 15 is 0 Å². The fourth-order valence-corrected chi connectivity index (χ4v) is 2.25. The number of hydrogen-bond donors (Lipinski definition) is 2. The lowest BCUT2D eigenvalue weighted by atomic mass is 10.2. The van der Waals surface area contributed by atoms with Crippen molar-refractivity contribution in [3.8, 4) is 0 Å². The van der Waals surface area contributed by atoms with E-state index in [4.69, 9.17) is 11.6 Å². The van der Waals surface area contributed by atoms with E-state index in [2.05, 4.69) is 16.7 Å². The third-order valence-electron chi connectivity index (χ3n) is 3.26. The van der Waals surface area contributed by atoms with Crippen molar-refractivity contribution in [2.75, 3.05) is 25.5 Å². The molecule has 0 heterocycles. The summed E-state index contributed by atoms with van der Waals surface area (Å²) >= 11 is 6.28. The quantitative estimate of drug-likeness (QED) is 0.835. The van der Waals surface area contributed by atoms with Crippen molar-refractivity contribution in [1.82, 2.24) is 10.6 Å². The third-order valence-corrected chi connectivity index (χ3v) is 3.56. The summed E-state index contributed by atoms with van der Waals surface area (Å²) in [5, 5.41) is 6.74. The molecular weight excluding hydrogens is 262 g/mol. The predicted octanol–water partition coefficient (Wildman–Crippen LogP) is 1.77. The molecular formula is C14H20ClN3O. The monoisotopic (exact) mass is 281 g/mol. The van der Waals surface area contributed by atoms with Crippen LogP contribution in [-0.4, -0.2) is 32.6 Å². The van der Waals surface area contributed by atoms with Crippen LogP contribution in [0.1, 0.15) is 18.4 Å². The number of benzene rings is 1. The van der Waals surface area contributed by atoms with Gasteiger partial charge in [-0.15, -0.1) is 0 Å². The van der Waals surface area contributed by atoms with Crippen LogP contribution in [-0.2, 0) is 11.3 Å². The second-order valence-electron chi connectivity index (χ2n) is 4.97. The summed E-state index contributed by atoms with van der Waals surface area (Å²) < 4.78 is 0. The number of nitrogens with zero attached hydrogens (tertiary/aromatic N) is 1. The zero-order valence-corrected chi connectivity index (χ0v) is 12.1. The molecule has 0 atom stereocenters. The first kappa shape index (κ1) is 14.2. The molecule has 0 unspecified atom stereocenters. The van der Waals surface area contributed by atoms with Crippen molar-refractivity contribution in [2.45, 2.75) is 25.4 Å². The smallest absolute Gasteiger partial charge is 0.239 e. The van der Waals surface area contributed by atoms with E-state index < -0.39 is 0 Å². The van der Waals surface area contributed by atoms with Crippen LogP contribution in [0.15, 0.2) is 18.2 Å². The molecule has 0 spiro atoms. The van der Waals surface area contributed by atoms with Gasteiger partial charge in [-0.3, -0.25) is 4.79 Å². The van der Waals surface area contributed by atoms with Crippen LogP contribution >= 0.6 is 11.6 Å². The van der Waals surface area contributed by atoms with Crippen LogP contribution in [0.25, 0.3) is 0 Å². The van der Waals surface area contributed by atoms with Gasteiger partial charge in [0.2, 0.25) is 5.91 Å². The summed E-state index contributed by atoms with van der Waals surface area (Å²) in [5.41, 5.74) is 2.05. The zero-order chi connectivity index (χ0) is 13.8. The minimum Gasteiger partial charge on any atom is -0.364 e. The summed E-state index contributed by atoms with van der Waals surface area (Å²) in [6, 6.07) is 6.67. The Morgan fingerprint density at radius 2 is 2.21 bits per heavy atom. The lowest BCUT2D eigenvalue weighted by Crippen LogP contribution is -2.33. The van der Waals surface area contributed by atoms with Crippen LogP contribution in [0, 0.1) is 0 Å². The second kappa shape index (κ2) is 6.26. The first-order valence-corrected chi connectivity index (χ1v) is 6.91. The maximum absolute atomic E-state index is 11.4. The number of likely N-dealkylation sites (N-methyl/N-ethyl adjacent to an activating group) is 2. The molecule has 104 valence electrons. The molecule has 1 aromatic carbocycles. The van der Waals surface area contributed by atoms with Gasteiger partial charge in [0, 0.05) is 26.7 Å². The first-order valence-electron chi connectivity index (χ1n) is 6.53. The van der Waals surface area contributed by atoms with Gasteiger partial charge < -0.3 is 15.5 Å². The normalized spacial score (nSPS) is 14.3. The van der Waals surface area contributed by atoms with Crippen molar-refractivity contribution < 1.29 is 4.79 Å². The summed E-state index contributed by atoms with van der Waals surface area (Å²) in [4.78, 5) is 13.2. The van der Waals surface area contributed by atoms with E-state index in [1.165, 1.54) is 18.4 Å². The Bertz CT molecular complexity index is 460. The van der Waals surface area contributed by atoms with Gasteiger partial charge >= 0.3 is 0 Å². The fraction of sp³-hybridized carbons (Fsp3) is 0.500. The van der Waals surface area contributed by atoms with E-state index in [-0.39, 0.29) is 5.91 Å². The van der Waals surface area contributed by atoms with Gasteiger partial charge in [-0.2, -0.15) is 0 Å². The summed E-state index contributed by atoms with van der Waals surface area (Å²) in [6.07, 6.45) is 2.56. The number of carbonyl (C=O) groups is 1. The lowest BCUT2D eigenvalue weighted by molar-refractivity contribution is -0.119. The molecule has 0 aromatic heterocycles. The average Bonchev–Trinajstić information content (AvgIpc) is 3.20. The number of halogens is 1. The van der Waals surface area contributed by atoms with E-state index in [0.29, 0.717) is 17.6 Å². The number of amides is 1. The standard InChI is InChI=1S/C14H20ClN3O/c1-16-14(19)9-18(2)13-6-3-10(7-12(13)15)8-17-11-4-5-11/h3,6-7,11,17H,4-5,8-9H2,1-2H3,(H,16,19). The van der Waals surface area contributed by atoms with E-state index in [1.54, 1.807) is 7.05 Å². The Balaban J connectivity index is 1.98. The van der Waals surface area contributed by atoms with Crippen molar-refractivity contribution in [3.63, 3.8) is 0 Å². The molecule has 1 aromatic rings. The highest BCUT2D eigenvalue weighted by Gasteiger charge is 2.20. The SMILES string of the molecule is CNC(=O)CN(C)c1ccc(CNC2CC2)cc1Cl. The minimum atomic E-state index is -0.0296. The van der Waals surface area contributed by atoms with Crippen molar-refractivity contribution in [1.29, 1.82) is 0 Å². The first-order chi connectivity index (χ1) is 9.10. The second-order valence-corrected chi connectivity index (χ2v) is 5.38. The Hall–Kier alpha value is -1.26. The number of hydrogen-bond acceptors (Lipinski definition) is 3. The van der Waals surface area contributed by atoms with Crippen LogP contribution in [0.2, 0.25) is 5.02 Å². The van der Waals surface area contributed by atoms with Gasteiger partial charge in [0.25, 0.3) is 0 Å². The lowest BCUT2D eigenvalue weighted by Gasteiger charge is -2.20. The molecule has 0 aliphatic heterocycles. The summed E-state index contributed by atoms with van der Waals surface area (Å²) in [5.74, 6) is -0.0296. The third kappa shape index (κ3) is 4.11. The number of carbonyl (C=O) groups excluding carboxylic acids is 1. The molecule has 0 bridgehead atoms. The summed E-state index contributed by atoms with van der Waals surface area (Å²) in [6.45, 7) is 1.15. The van der Waals surface area contributed by atoms with E-state index in [9.17, 15) is 4.79 Å². The molecule has 1 amide bonds. The molecule has 1 saturated carbocycles. The number of rotatable bonds is 6. The largest absolute Gasteiger partial charge is 0.364 e. The highest BCUT2D eigenvalue weighted by atomic mass is 35.5. The highest BCUT2D eigenvalue weighted by Crippen LogP contribution is 2.26. The predicted molar refractivity (Wildman–Crippen MR) is 78.7 cm³/mol. The Labute approximate surface area is 119 Å². The fourth-order valence-electron chi connectivity index (χ4n) is 1.90. The van der Waals surface area contributed by atoms with Gasteiger partial charge in [-0.1, -0.05) is 17.7 Å². The van der Waals surface area contributed by atoms with Crippen LogP contribution in [0.3, 0.4) is 0 Å². The topological polar surface area (TPSA) is 44.4 Å². The van der Waals surface area contributed by atoms with Gasteiger partial charge in [-0.05, 0) is 30.5 Å².